The van der Waals surface area contributed by atoms with Crippen molar-refractivity contribution < 1.29 is 37.3 Å². The number of alkyl halides is 3. The van der Waals surface area contributed by atoms with Gasteiger partial charge in [0.05, 0.1) is 44.2 Å². The standard InChI is InChI=1S/C16H17F3N2O5/c1-25-12-4-3-9(16(17,18)19)7-11(12)20-13-10(15(24)26-2)8-21(5-6-22)14(13)23/h3-4,7,20,22H,5-6,8H2,1-2H3. The van der Waals surface area contributed by atoms with Gasteiger partial charge in [0.1, 0.15) is 11.4 Å². The quantitative estimate of drug-likeness (QED) is 0.732. The molecule has 0 unspecified atom stereocenters. The van der Waals surface area contributed by atoms with Crippen LogP contribution in [0.2, 0.25) is 0 Å². The monoisotopic (exact) mass is 374 g/mol. The number of carbonyl (C=O) groups is 2. The minimum Gasteiger partial charge on any atom is -0.495 e. The smallest absolute Gasteiger partial charge is 0.416 e. The number of ether oxygens (including phenoxy) is 2. The minimum atomic E-state index is -4.59. The van der Waals surface area contributed by atoms with E-state index in [4.69, 9.17) is 9.84 Å². The zero-order valence-corrected chi connectivity index (χ0v) is 14.0. The number of halogens is 3. The Bertz CT molecular complexity index is 746. The topological polar surface area (TPSA) is 88.1 Å². The van der Waals surface area contributed by atoms with E-state index in [0.717, 1.165) is 25.3 Å². The third-order valence-electron chi connectivity index (χ3n) is 3.74. The third kappa shape index (κ3) is 3.90. The van der Waals surface area contributed by atoms with E-state index in [0.29, 0.717) is 0 Å². The molecule has 0 aromatic heterocycles. The molecule has 26 heavy (non-hydrogen) atoms. The van der Waals surface area contributed by atoms with Crippen LogP contribution in [-0.2, 0) is 20.5 Å². The van der Waals surface area contributed by atoms with Gasteiger partial charge in [-0.15, -0.1) is 0 Å². The van der Waals surface area contributed by atoms with Gasteiger partial charge in [0, 0.05) is 6.54 Å². The second-order valence-electron chi connectivity index (χ2n) is 5.33. The van der Waals surface area contributed by atoms with Crippen LogP contribution in [0.3, 0.4) is 0 Å². The van der Waals surface area contributed by atoms with E-state index >= 15 is 0 Å². The van der Waals surface area contributed by atoms with E-state index in [1.807, 2.05) is 0 Å². The predicted octanol–water partition coefficient (Wildman–Crippen LogP) is 1.39. The summed E-state index contributed by atoms with van der Waals surface area (Å²) in [6.07, 6.45) is -4.59. The number of rotatable bonds is 6. The molecule has 0 saturated carbocycles. The number of nitrogens with one attached hydrogen (secondary N) is 1. The summed E-state index contributed by atoms with van der Waals surface area (Å²) in [6, 6.07) is 2.73. The van der Waals surface area contributed by atoms with Gasteiger partial charge in [-0.05, 0) is 18.2 Å². The Morgan fingerprint density at radius 1 is 1.35 bits per heavy atom. The molecule has 2 N–H and O–H groups in total. The van der Waals surface area contributed by atoms with Crippen molar-refractivity contribution in [3.8, 4) is 5.75 Å². The van der Waals surface area contributed by atoms with Gasteiger partial charge in [-0.2, -0.15) is 13.2 Å². The molecular formula is C16H17F3N2O5. The number of aliphatic hydroxyl groups is 1. The number of hydrogen-bond acceptors (Lipinski definition) is 6. The van der Waals surface area contributed by atoms with Crippen molar-refractivity contribution in [2.75, 3.05) is 39.2 Å². The number of benzene rings is 1. The number of amides is 1. The van der Waals surface area contributed by atoms with E-state index in [-0.39, 0.29) is 42.4 Å². The Morgan fingerprint density at radius 3 is 2.58 bits per heavy atom. The highest BCUT2D eigenvalue weighted by molar-refractivity contribution is 6.08. The van der Waals surface area contributed by atoms with Crippen LogP contribution in [0, 0.1) is 0 Å². The summed E-state index contributed by atoms with van der Waals surface area (Å²) in [6.45, 7) is -0.500. The fourth-order valence-corrected chi connectivity index (χ4v) is 2.47. The summed E-state index contributed by atoms with van der Waals surface area (Å²) in [4.78, 5) is 25.5. The van der Waals surface area contributed by atoms with Crippen LogP contribution >= 0.6 is 0 Å². The molecule has 1 aliphatic heterocycles. The van der Waals surface area contributed by atoms with Crippen molar-refractivity contribution in [3.63, 3.8) is 0 Å². The third-order valence-corrected chi connectivity index (χ3v) is 3.74. The van der Waals surface area contributed by atoms with Gasteiger partial charge in [-0.1, -0.05) is 0 Å². The van der Waals surface area contributed by atoms with Crippen molar-refractivity contribution in [3.05, 3.63) is 35.0 Å². The molecule has 0 atom stereocenters. The molecule has 1 heterocycles. The molecule has 1 aliphatic rings. The summed E-state index contributed by atoms with van der Waals surface area (Å²) in [5, 5.41) is 11.6. The Labute approximate surface area is 147 Å². The largest absolute Gasteiger partial charge is 0.495 e. The highest BCUT2D eigenvalue weighted by Gasteiger charge is 2.36. The molecule has 0 saturated heterocycles. The minimum absolute atomic E-state index is 0.0375. The van der Waals surface area contributed by atoms with Gasteiger partial charge in [-0.3, -0.25) is 4.79 Å². The number of carbonyl (C=O) groups excluding carboxylic acids is 2. The first kappa shape index (κ1) is 19.6. The van der Waals surface area contributed by atoms with Crippen LogP contribution in [0.4, 0.5) is 18.9 Å². The molecule has 1 aromatic carbocycles. The van der Waals surface area contributed by atoms with Crippen molar-refractivity contribution in [1.82, 2.24) is 4.90 Å². The maximum absolute atomic E-state index is 13.0. The summed E-state index contributed by atoms with van der Waals surface area (Å²) >= 11 is 0. The lowest BCUT2D eigenvalue weighted by molar-refractivity contribution is -0.138. The molecule has 0 fully saturated rings. The van der Waals surface area contributed by atoms with E-state index in [1.165, 1.54) is 12.0 Å². The van der Waals surface area contributed by atoms with E-state index < -0.39 is 23.6 Å². The van der Waals surface area contributed by atoms with E-state index in [1.54, 1.807) is 0 Å². The first-order valence-corrected chi connectivity index (χ1v) is 7.46. The number of hydrogen-bond donors (Lipinski definition) is 2. The van der Waals surface area contributed by atoms with Crippen LogP contribution in [0.25, 0.3) is 0 Å². The Hall–Kier alpha value is -2.75. The summed E-state index contributed by atoms with van der Waals surface area (Å²) in [7, 11) is 2.38. The highest BCUT2D eigenvalue weighted by atomic mass is 19.4. The van der Waals surface area contributed by atoms with Gasteiger partial charge in [-0.25, -0.2) is 4.79 Å². The number of methoxy groups -OCH3 is 2. The van der Waals surface area contributed by atoms with E-state index in [9.17, 15) is 22.8 Å². The Kier molecular flexibility index (Phi) is 5.76. The van der Waals surface area contributed by atoms with Gasteiger partial charge in [0.15, 0.2) is 0 Å². The molecule has 10 heteroatoms. The van der Waals surface area contributed by atoms with E-state index in [2.05, 4.69) is 10.1 Å². The van der Waals surface area contributed by atoms with Gasteiger partial charge >= 0.3 is 12.1 Å². The van der Waals surface area contributed by atoms with Crippen LogP contribution < -0.4 is 10.1 Å². The van der Waals surface area contributed by atoms with Crippen molar-refractivity contribution >= 4 is 17.6 Å². The molecule has 1 amide bonds. The SMILES string of the molecule is COC(=O)C1=C(Nc2cc(C(F)(F)F)ccc2OC)C(=O)N(CCO)C1. The molecule has 142 valence electrons. The highest BCUT2D eigenvalue weighted by Crippen LogP contribution is 2.36. The molecule has 0 radical (unpaired) electrons. The van der Waals surface area contributed by atoms with Crippen LogP contribution in [0.1, 0.15) is 5.56 Å². The lowest BCUT2D eigenvalue weighted by Crippen LogP contribution is -2.31. The first-order valence-electron chi connectivity index (χ1n) is 7.46. The number of anilines is 1. The molecule has 0 aliphatic carbocycles. The molecule has 7 nitrogen and oxygen atoms in total. The number of aliphatic hydroxyl groups excluding tert-OH is 1. The fourth-order valence-electron chi connectivity index (χ4n) is 2.47. The Balaban J connectivity index is 2.46. The normalized spacial score (nSPS) is 14.7. The average Bonchev–Trinajstić information content (AvgIpc) is 2.90. The predicted molar refractivity (Wildman–Crippen MR) is 84.3 cm³/mol. The number of nitrogens with zero attached hydrogens (tertiary/aromatic N) is 1. The molecule has 1 aromatic rings. The van der Waals surface area contributed by atoms with Crippen LogP contribution in [-0.4, -0.2) is 55.8 Å². The molecule has 0 spiro atoms. The maximum atomic E-state index is 13.0. The first-order chi connectivity index (χ1) is 12.2. The average molecular weight is 374 g/mol. The summed E-state index contributed by atoms with van der Waals surface area (Å²) < 4.78 is 48.5. The summed E-state index contributed by atoms with van der Waals surface area (Å²) in [5.41, 5.74) is -1.34. The lowest BCUT2D eigenvalue weighted by Gasteiger charge is -2.17. The zero-order chi connectivity index (χ0) is 19.5. The van der Waals surface area contributed by atoms with Crippen LogP contribution in [0.15, 0.2) is 29.5 Å². The number of esters is 1. The Morgan fingerprint density at radius 2 is 2.04 bits per heavy atom. The lowest BCUT2D eigenvalue weighted by atomic mass is 10.1. The van der Waals surface area contributed by atoms with Crippen molar-refractivity contribution in [2.24, 2.45) is 0 Å². The second kappa shape index (κ2) is 7.65. The second-order valence-corrected chi connectivity index (χ2v) is 5.33. The molecule has 2 rings (SSSR count). The molecular weight excluding hydrogens is 357 g/mol. The van der Waals surface area contributed by atoms with Gasteiger partial charge < -0.3 is 24.8 Å². The van der Waals surface area contributed by atoms with Gasteiger partial charge in [0.2, 0.25) is 0 Å². The van der Waals surface area contributed by atoms with Crippen molar-refractivity contribution in [2.45, 2.75) is 6.18 Å². The fraction of sp³-hybridized carbons (Fsp3) is 0.375. The van der Waals surface area contributed by atoms with Crippen LogP contribution in [0.5, 0.6) is 5.75 Å². The maximum Gasteiger partial charge on any atom is 0.416 e. The molecule has 0 bridgehead atoms. The summed E-state index contributed by atoms with van der Waals surface area (Å²) in [5.74, 6) is -1.38. The zero-order valence-electron chi connectivity index (χ0n) is 14.0. The van der Waals surface area contributed by atoms with Crippen molar-refractivity contribution in [1.29, 1.82) is 0 Å². The van der Waals surface area contributed by atoms with Gasteiger partial charge in [0.25, 0.3) is 5.91 Å². The number of β-amino-alcohol motifs (C(OH)–C–C–N with tert-alkyl or cyclic N) is 1.